The molecule has 0 fully saturated rings. The number of ketones is 1. The van der Waals surface area contributed by atoms with Crippen LogP contribution < -0.4 is 15.2 Å². The first-order chi connectivity index (χ1) is 14.3. The van der Waals surface area contributed by atoms with E-state index in [1.54, 1.807) is 31.4 Å². The summed E-state index contributed by atoms with van der Waals surface area (Å²) in [6.45, 7) is 0. The summed E-state index contributed by atoms with van der Waals surface area (Å²) in [4.78, 5) is 12.9. The molecule has 0 aliphatic carbocycles. The number of primary sulfonamides is 1. The van der Waals surface area contributed by atoms with E-state index in [9.17, 15) is 13.2 Å². The van der Waals surface area contributed by atoms with Crippen LogP contribution in [0.3, 0.4) is 0 Å². The number of hydrogen-bond acceptors (Lipinski definition) is 5. The zero-order chi connectivity index (χ0) is 21.7. The first-order valence-electron chi connectivity index (χ1n) is 9.08. The van der Waals surface area contributed by atoms with Gasteiger partial charge in [0, 0.05) is 22.1 Å². The summed E-state index contributed by atoms with van der Waals surface area (Å²) in [5.41, 5.74) is 2.19. The highest BCUT2D eigenvalue weighted by atomic mass is 79.9. The van der Waals surface area contributed by atoms with Crippen molar-refractivity contribution in [3.05, 3.63) is 88.4 Å². The molecule has 6 nitrogen and oxygen atoms in total. The molecule has 0 aliphatic heterocycles. The Morgan fingerprint density at radius 2 is 1.60 bits per heavy atom. The van der Waals surface area contributed by atoms with E-state index in [4.69, 9.17) is 9.88 Å². The summed E-state index contributed by atoms with van der Waals surface area (Å²) in [5.74, 6) is 0.700. The highest BCUT2D eigenvalue weighted by Gasteiger charge is 2.18. The molecule has 1 atom stereocenters. The molecule has 30 heavy (non-hydrogen) atoms. The Labute approximate surface area is 184 Å². The Balaban J connectivity index is 1.86. The maximum Gasteiger partial charge on any atom is 0.238 e. The van der Waals surface area contributed by atoms with Crippen LogP contribution in [0.15, 0.2) is 82.2 Å². The van der Waals surface area contributed by atoms with Crippen LogP contribution in [0.4, 0.5) is 5.69 Å². The first-order valence-corrected chi connectivity index (χ1v) is 11.4. The van der Waals surface area contributed by atoms with Crippen molar-refractivity contribution >= 4 is 37.4 Å². The molecule has 0 spiro atoms. The van der Waals surface area contributed by atoms with Crippen molar-refractivity contribution in [2.75, 3.05) is 12.4 Å². The van der Waals surface area contributed by atoms with Crippen LogP contribution in [0.1, 0.15) is 28.4 Å². The molecule has 8 heteroatoms. The van der Waals surface area contributed by atoms with Gasteiger partial charge in [0.25, 0.3) is 0 Å². The second-order valence-corrected chi connectivity index (χ2v) is 9.15. The number of halogens is 1. The van der Waals surface area contributed by atoms with E-state index in [-0.39, 0.29) is 23.1 Å². The number of carbonyl (C=O) groups excluding carboxylic acids is 1. The van der Waals surface area contributed by atoms with Crippen molar-refractivity contribution in [3.63, 3.8) is 0 Å². The molecule has 156 valence electrons. The van der Waals surface area contributed by atoms with Crippen LogP contribution in [-0.2, 0) is 10.0 Å². The minimum absolute atomic E-state index is 0.0167. The number of hydrogen-bond donors (Lipinski definition) is 2. The van der Waals surface area contributed by atoms with Crippen LogP contribution in [0, 0.1) is 0 Å². The van der Waals surface area contributed by atoms with Crippen molar-refractivity contribution in [1.29, 1.82) is 0 Å². The van der Waals surface area contributed by atoms with E-state index in [2.05, 4.69) is 21.2 Å². The average Bonchev–Trinajstić information content (AvgIpc) is 2.73. The molecule has 0 aliphatic rings. The molecule has 3 aromatic rings. The number of sulfonamides is 1. The van der Waals surface area contributed by atoms with Crippen molar-refractivity contribution in [3.8, 4) is 5.75 Å². The maximum atomic E-state index is 12.9. The molecule has 3 rings (SSSR count). The standard InChI is InChI=1S/C22H21BrN2O4S/c1-29-19-10-4-15(5-11-19)21(14-22(26)16-2-6-17(23)7-3-16)25-18-8-12-20(13-9-18)30(24,27)28/h2-13,21,25H,14H2,1H3,(H2,24,27,28). The van der Waals surface area contributed by atoms with Gasteiger partial charge in [-0.1, -0.05) is 40.2 Å². The zero-order valence-electron chi connectivity index (χ0n) is 16.2. The predicted molar refractivity (Wildman–Crippen MR) is 120 cm³/mol. The summed E-state index contributed by atoms with van der Waals surface area (Å²) < 4.78 is 29.1. The third kappa shape index (κ3) is 5.69. The lowest BCUT2D eigenvalue weighted by Crippen LogP contribution is -2.16. The minimum Gasteiger partial charge on any atom is -0.497 e. The highest BCUT2D eigenvalue weighted by molar-refractivity contribution is 9.10. The summed E-state index contributed by atoms with van der Waals surface area (Å²) in [6, 6.07) is 20.4. The Kier molecular flexibility index (Phi) is 6.91. The van der Waals surface area contributed by atoms with Crippen molar-refractivity contribution in [2.24, 2.45) is 5.14 Å². The smallest absolute Gasteiger partial charge is 0.238 e. The molecule has 0 aromatic heterocycles. The summed E-state index contributed by atoms with van der Waals surface area (Å²) in [6.07, 6.45) is 0.213. The second-order valence-electron chi connectivity index (χ2n) is 6.67. The highest BCUT2D eigenvalue weighted by Crippen LogP contribution is 2.27. The Morgan fingerprint density at radius 3 is 2.13 bits per heavy atom. The van der Waals surface area contributed by atoms with Gasteiger partial charge in [0.1, 0.15) is 5.75 Å². The van der Waals surface area contributed by atoms with Crippen LogP contribution >= 0.6 is 15.9 Å². The van der Waals surface area contributed by atoms with E-state index in [1.807, 2.05) is 36.4 Å². The number of nitrogens with two attached hydrogens (primary N) is 1. The van der Waals surface area contributed by atoms with E-state index in [0.717, 1.165) is 10.0 Å². The van der Waals surface area contributed by atoms with E-state index >= 15 is 0 Å². The molecule has 0 radical (unpaired) electrons. The van der Waals surface area contributed by atoms with Crippen LogP contribution in [0.5, 0.6) is 5.75 Å². The van der Waals surface area contributed by atoms with Gasteiger partial charge in [-0.05, 0) is 54.1 Å². The number of benzene rings is 3. The monoisotopic (exact) mass is 488 g/mol. The molecular weight excluding hydrogens is 468 g/mol. The number of anilines is 1. The molecule has 3 aromatic carbocycles. The van der Waals surface area contributed by atoms with Gasteiger partial charge in [-0.15, -0.1) is 0 Å². The third-order valence-corrected chi connectivity index (χ3v) is 6.06. The second kappa shape index (κ2) is 9.42. The Morgan fingerprint density at radius 1 is 1.00 bits per heavy atom. The molecule has 0 saturated heterocycles. The van der Waals surface area contributed by atoms with Gasteiger partial charge in [0.05, 0.1) is 18.0 Å². The van der Waals surface area contributed by atoms with Gasteiger partial charge in [-0.3, -0.25) is 4.79 Å². The van der Waals surface area contributed by atoms with Gasteiger partial charge in [0.15, 0.2) is 5.78 Å². The van der Waals surface area contributed by atoms with E-state index in [0.29, 0.717) is 17.0 Å². The zero-order valence-corrected chi connectivity index (χ0v) is 18.6. The van der Waals surface area contributed by atoms with Gasteiger partial charge in [0.2, 0.25) is 10.0 Å². The fourth-order valence-electron chi connectivity index (χ4n) is 2.97. The molecule has 0 saturated carbocycles. The molecule has 0 bridgehead atoms. The van der Waals surface area contributed by atoms with Gasteiger partial charge in [-0.25, -0.2) is 13.6 Å². The van der Waals surface area contributed by atoms with E-state index < -0.39 is 10.0 Å². The third-order valence-electron chi connectivity index (χ3n) is 4.60. The number of carbonyl (C=O) groups is 1. The fraction of sp³-hybridized carbons (Fsp3) is 0.136. The van der Waals surface area contributed by atoms with E-state index in [1.165, 1.54) is 12.1 Å². The predicted octanol–water partition coefficient (Wildman–Crippen LogP) is 4.53. The fourth-order valence-corrected chi connectivity index (χ4v) is 3.75. The minimum atomic E-state index is -3.77. The molecule has 0 amide bonds. The lowest BCUT2D eigenvalue weighted by molar-refractivity contribution is 0.0976. The van der Waals surface area contributed by atoms with Crippen LogP contribution in [0.25, 0.3) is 0 Å². The maximum absolute atomic E-state index is 12.9. The topological polar surface area (TPSA) is 98.5 Å². The van der Waals surface area contributed by atoms with Crippen molar-refractivity contribution in [1.82, 2.24) is 0 Å². The summed E-state index contributed by atoms with van der Waals surface area (Å²) >= 11 is 3.37. The lowest BCUT2D eigenvalue weighted by Gasteiger charge is -2.20. The Hall–Kier alpha value is -2.68. The number of ether oxygens (including phenoxy) is 1. The molecule has 3 N–H and O–H groups in total. The Bertz CT molecular complexity index is 1110. The number of rotatable bonds is 8. The number of methoxy groups -OCH3 is 1. The summed E-state index contributed by atoms with van der Waals surface area (Å²) in [7, 11) is -2.17. The van der Waals surface area contributed by atoms with Gasteiger partial charge < -0.3 is 10.1 Å². The van der Waals surface area contributed by atoms with Gasteiger partial charge >= 0.3 is 0 Å². The van der Waals surface area contributed by atoms with Crippen LogP contribution in [-0.4, -0.2) is 21.3 Å². The van der Waals surface area contributed by atoms with Gasteiger partial charge in [-0.2, -0.15) is 0 Å². The van der Waals surface area contributed by atoms with Crippen molar-refractivity contribution < 1.29 is 17.9 Å². The number of nitrogens with one attached hydrogen (secondary N) is 1. The summed E-state index contributed by atoms with van der Waals surface area (Å²) in [5, 5.41) is 8.48. The average molecular weight is 489 g/mol. The lowest BCUT2D eigenvalue weighted by atomic mass is 9.97. The normalized spacial score (nSPS) is 12.2. The first kappa shape index (κ1) is 22.0. The largest absolute Gasteiger partial charge is 0.497 e. The van der Waals surface area contributed by atoms with Crippen LogP contribution in [0.2, 0.25) is 0 Å². The SMILES string of the molecule is COc1ccc(C(CC(=O)c2ccc(Br)cc2)Nc2ccc(S(N)(=O)=O)cc2)cc1. The molecular formula is C22H21BrN2O4S. The molecule has 0 heterocycles. The quantitative estimate of drug-likeness (QED) is 0.453. The molecule has 1 unspecified atom stereocenters. The number of Topliss-reactive ketones (excluding diaryl/α,β-unsaturated/α-hetero) is 1. The van der Waals surface area contributed by atoms with Crippen molar-refractivity contribution in [2.45, 2.75) is 17.4 Å².